The second-order valence-electron chi connectivity index (χ2n) is 8.69. The summed E-state index contributed by atoms with van der Waals surface area (Å²) in [7, 11) is 3.58. The largest absolute Gasteiger partial charge is 0.497 e. The van der Waals surface area contributed by atoms with Gasteiger partial charge < -0.3 is 20.3 Å². The van der Waals surface area contributed by atoms with Gasteiger partial charge in [-0.3, -0.25) is 14.8 Å². The first-order valence-corrected chi connectivity index (χ1v) is 11.9. The Hall–Kier alpha value is -1.83. The van der Waals surface area contributed by atoms with Crippen LogP contribution in [0.15, 0.2) is 29.3 Å². The fraction of sp³-hybridized carbons (Fsp3) is 0.708. The molecule has 3 rings (SSSR count). The van der Waals surface area contributed by atoms with Crippen molar-refractivity contribution in [2.24, 2.45) is 4.99 Å². The molecule has 7 heteroatoms. The normalized spacial score (nSPS) is 21.1. The van der Waals surface area contributed by atoms with E-state index in [1.807, 2.05) is 7.05 Å². The van der Waals surface area contributed by atoms with Crippen molar-refractivity contribution in [1.82, 2.24) is 25.3 Å². The molecule has 0 bridgehead atoms. The van der Waals surface area contributed by atoms with E-state index in [-0.39, 0.29) is 0 Å². The van der Waals surface area contributed by atoms with Crippen molar-refractivity contribution >= 4 is 5.96 Å². The second-order valence-corrected chi connectivity index (χ2v) is 8.69. The number of hydrogen-bond donors (Lipinski definition) is 2. The molecule has 0 spiro atoms. The van der Waals surface area contributed by atoms with Crippen LogP contribution in [0.2, 0.25) is 0 Å². The highest BCUT2D eigenvalue weighted by atomic mass is 16.5. The molecule has 2 N–H and O–H groups in total. The Morgan fingerprint density at radius 1 is 0.968 bits per heavy atom. The van der Waals surface area contributed by atoms with Gasteiger partial charge in [0.15, 0.2) is 5.96 Å². The number of nitrogens with zero attached hydrogens (tertiary/aromatic N) is 4. The van der Waals surface area contributed by atoms with Gasteiger partial charge >= 0.3 is 0 Å². The smallest absolute Gasteiger partial charge is 0.191 e. The zero-order valence-corrected chi connectivity index (χ0v) is 19.9. The summed E-state index contributed by atoms with van der Waals surface area (Å²) >= 11 is 0. The van der Waals surface area contributed by atoms with Crippen molar-refractivity contribution in [2.75, 3.05) is 73.1 Å². The molecule has 2 heterocycles. The van der Waals surface area contributed by atoms with E-state index in [9.17, 15) is 0 Å². The molecule has 1 aromatic carbocycles. The number of piperazine rings is 1. The van der Waals surface area contributed by atoms with Crippen LogP contribution in [-0.4, -0.2) is 99.8 Å². The van der Waals surface area contributed by atoms with Crippen molar-refractivity contribution in [3.63, 3.8) is 0 Å². The number of likely N-dealkylation sites (tertiary alicyclic amines) is 1. The van der Waals surface area contributed by atoms with Crippen molar-refractivity contribution in [3.05, 3.63) is 29.8 Å². The van der Waals surface area contributed by atoms with E-state index in [1.54, 1.807) is 7.11 Å². The monoisotopic (exact) mass is 430 g/mol. The molecule has 2 atom stereocenters. The minimum absolute atomic E-state index is 0.339. The molecule has 2 aliphatic heterocycles. The number of methoxy groups -OCH3 is 1. The molecule has 2 unspecified atom stereocenters. The number of likely N-dealkylation sites (N-methyl/N-ethyl adjacent to an activating group) is 1. The number of rotatable bonds is 9. The molecule has 0 aromatic heterocycles. The molecule has 2 saturated heterocycles. The summed E-state index contributed by atoms with van der Waals surface area (Å²) in [5.74, 6) is 1.79. The average molecular weight is 431 g/mol. The Balaban J connectivity index is 1.51. The van der Waals surface area contributed by atoms with Crippen LogP contribution in [-0.2, 0) is 0 Å². The van der Waals surface area contributed by atoms with Gasteiger partial charge in [0.25, 0.3) is 0 Å². The Bertz CT molecular complexity index is 665. The number of aliphatic imine (C=N–C) groups is 1. The number of ether oxygens (including phenoxy) is 1. The van der Waals surface area contributed by atoms with Crippen LogP contribution in [0.5, 0.6) is 5.75 Å². The van der Waals surface area contributed by atoms with Crippen LogP contribution in [0.3, 0.4) is 0 Å². The lowest BCUT2D eigenvalue weighted by Gasteiger charge is -2.37. The summed E-state index contributed by atoms with van der Waals surface area (Å²) in [6, 6.07) is 9.34. The van der Waals surface area contributed by atoms with E-state index in [1.165, 1.54) is 31.5 Å². The number of hydrogen-bond acceptors (Lipinski definition) is 5. The predicted molar refractivity (Wildman–Crippen MR) is 129 cm³/mol. The predicted octanol–water partition coefficient (Wildman–Crippen LogP) is 2.02. The van der Waals surface area contributed by atoms with E-state index >= 15 is 0 Å². The number of benzene rings is 1. The highest BCUT2D eigenvalue weighted by Gasteiger charge is 2.24. The molecular weight excluding hydrogens is 388 g/mol. The van der Waals surface area contributed by atoms with Gasteiger partial charge in [0.05, 0.1) is 13.2 Å². The zero-order chi connectivity index (χ0) is 22.1. The Kier molecular flexibility index (Phi) is 9.43. The van der Waals surface area contributed by atoms with Crippen LogP contribution in [0.25, 0.3) is 0 Å². The number of guanidine groups is 1. The minimum atomic E-state index is 0.339. The SMILES string of the molecule is CCN1CCN(C(C)CNC(=NC)NCC(c2ccc(OC)cc2)N2CCCC2)CC1. The van der Waals surface area contributed by atoms with E-state index in [0.29, 0.717) is 12.1 Å². The first-order valence-electron chi connectivity index (χ1n) is 11.9. The molecule has 0 amide bonds. The molecular formula is C24H42N6O. The van der Waals surface area contributed by atoms with E-state index in [4.69, 9.17) is 4.74 Å². The van der Waals surface area contributed by atoms with Crippen LogP contribution < -0.4 is 15.4 Å². The lowest BCUT2D eigenvalue weighted by molar-refractivity contribution is 0.107. The Labute approximate surface area is 188 Å². The summed E-state index contributed by atoms with van der Waals surface area (Å²) in [5.41, 5.74) is 1.33. The molecule has 2 aliphatic rings. The Morgan fingerprint density at radius 3 is 2.19 bits per heavy atom. The highest BCUT2D eigenvalue weighted by Crippen LogP contribution is 2.26. The topological polar surface area (TPSA) is 55.4 Å². The minimum Gasteiger partial charge on any atom is -0.497 e. The second kappa shape index (κ2) is 12.3. The lowest BCUT2D eigenvalue weighted by atomic mass is 10.1. The van der Waals surface area contributed by atoms with Gasteiger partial charge in [-0.25, -0.2) is 0 Å². The van der Waals surface area contributed by atoms with Gasteiger partial charge in [-0.15, -0.1) is 0 Å². The van der Waals surface area contributed by atoms with E-state index in [0.717, 1.165) is 57.5 Å². The molecule has 174 valence electrons. The fourth-order valence-corrected chi connectivity index (χ4v) is 4.64. The standard InChI is InChI=1S/C24H42N6O/c1-5-28-14-16-29(17-15-28)20(2)18-26-24(25-3)27-19-23(30-12-6-7-13-30)21-8-10-22(31-4)11-9-21/h8-11,20,23H,5-7,12-19H2,1-4H3,(H2,25,26,27). The van der Waals surface area contributed by atoms with Gasteiger partial charge in [0.2, 0.25) is 0 Å². The maximum Gasteiger partial charge on any atom is 0.191 e. The highest BCUT2D eigenvalue weighted by molar-refractivity contribution is 5.79. The molecule has 0 aliphatic carbocycles. The molecule has 0 radical (unpaired) electrons. The maximum atomic E-state index is 5.34. The third kappa shape index (κ3) is 6.82. The third-order valence-corrected chi connectivity index (χ3v) is 6.81. The van der Waals surface area contributed by atoms with Crippen molar-refractivity contribution in [3.8, 4) is 5.75 Å². The van der Waals surface area contributed by atoms with Gasteiger partial charge in [-0.05, 0) is 57.1 Å². The van der Waals surface area contributed by atoms with E-state index < -0.39 is 0 Å². The van der Waals surface area contributed by atoms with Crippen LogP contribution in [0, 0.1) is 0 Å². The van der Waals surface area contributed by atoms with Crippen molar-refractivity contribution in [2.45, 2.75) is 38.8 Å². The quantitative estimate of drug-likeness (QED) is 0.462. The van der Waals surface area contributed by atoms with Crippen molar-refractivity contribution in [1.29, 1.82) is 0 Å². The zero-order valence-electron chi connectivity index (χ0n) is 19.9. The molecule has 7 nitrogen and oxygen atoms in total. The third-order valence-electron chi connectivity index (χ3n) is 6.81. The van der Waals surface area contributed by atoms with Gasteiger partial charge in [0, 0.05) is 52.4 Å². The van der Waals surface area contributed by atoms with E-state index in [2.05, 4.69) is 68.4 Å². The first kappa shape index (κ1) is 23.8. The van der Waals surface area contributed by atoms with Crippen LogP contribution in [0.1, 0.15) is 38.3 Å². The summed E-state index contributed by atoms with van der Waals surface area (Å²) in [5, 5.41) is 7.14. The average Bonchev–Trinajstić information content (AvgIpc) is 3.36. The maximum absolute atomic E-state index is 5.34. The van der Waals surface area contributed by atoms with Crippen molar-refractivity contribution < 1.29 is 4.74 Å². The van der Waals surface area contributed by atoms with Gasteiger partial charge in [-0.1, -0.05) is 19.1 Å². The number of nitrogens with one attached hydrogen (secondary N) is 2. The van der Waals surface area contributed by atoms with Gasteiger partial charge in [-0.2, -0.15) is 0 Å². The summed E-state index contributed by atoms with van der Waals surface area (Å²) in [6.45, 7) is 14.4. The molecule has 2 fully saturated rings. The molecule has 31 heavy (non-hydrogen) atoms. The van der Waals surface area contributed by atoms with Crippen LogP contribution in [0.4, 0.5) is 0 Å². The molecule has 1 aromatic rings. The first-order chi connectivity index (χ1) is 15.1. The van der Waals surface area contributed by atoms with Gasteiger partial charge in [0.1, 0.15) is 5.75 Å². The molecule has 0 saturated carbocycles. The van der Waals surface area contributed by atoms with Crippen LogP contribution >= 0.6 is 0 Å². The fourth-order valence-electron chi connectivity index (χ4n) is 4.64. The summed E-state index contributed by atoms with van der Waals surface area (Å²) in [4.78, 5) is 12.2. The summed E-state index contributed by atoms with van der Waals surface area (Å²) in [6.07, 6.45) is 2.56. The summed E-state index contributed by atoms with van der Waals surface area (Å²) < 4.78 is 5.34. The Morgan fingerprint density at radius 2 is 1.61 bits per heavy atom. The lowest BCUT2D eigenvalue weighted by Crippen LogP contribution is -2.53.